The molecule has 0 bridgehead atoms. The molecule has 2 heterocycles. The summed E-state index contributed by atoms with van der Waals surface area (Å²) in [6.45, 7) is 0.853. The molecule has 0 saturated carbocycles. The maximum absolute atomic E-state index is 4.03. The van der Waals surface area contributed by atoms with Gasteiger partial charge in [-0.3, -0.25) is 5.10 Å². The molecule has 2 aromatic heterocycles. The van der Waals surface area contributed by atoms with Crippen molar-refractivity contribution in [1.82, 2.24) is 19.7 Å². The number of imidazole rings is 1. The normalized spacial score (nSPS) is 10.6. The maximum atomic E-state index is 4.03. The molecule has 17 heavy (non-hydrogen) atoms. The molecule has 1 aromatic carbocycles. The Morgan fingerprint density at radius 2 is 2.00 bits per heavy atom. The molecular weight excluding hydrogens is 212 g/mol. The summed E-state index contributed by atoms with van der Waals surface area (Å²) >= 11 is 0. The van der Waals surface area contributed by atoms with Gasteiger partial charge < -0.3 is 4.57 Å². The number of aromatic nitrogens is 4. The molecule has 3 aromatic rings. The fourth-order valence-corrected chi connectivity index (χ4v) is 1.80. The average Bonchev–Trinajstić information content (AvgIpc) is 3.01. The van der Waals surface area contributed by atoms with Crippen LogP contribution in [-0.4, -0.2) is 19.7 Å². The van der Waals surface area contributed by atoms with Crippen LogP contribution in [0.2, 0.25) is 0 Å². The minimum absolute atomic E-state index is 0.853. The van der Waals surface area contributed by atoms with Crippen LogP contribution in [0.25, 0.3) is 11.1 Å². The average molecular weight is 224 g/mol. The summed E-state index contributed by atoms with van der Waals surface area (Å²) in [5, 5.41) is 6.76. The lowest BCUT2D eigenvalue weighted by Crippen LogP contribution is -1.95. The van der Waals surface area contributed by atoms with Gasteiger partial charge >= 0.3 is 0 Å². The minimum atomic E-state index is 0.853. The zero-order chi connectivity index (χ0) is 11.5. The summed E-state index contributed by atoms with van der Waals surface area (Å²) in [5.74, 6) is 0. The van der Waals surface area contributed by atoms with Gasteiger partial charge in [0.15, 0.2) is 0 Å². The van der Waals surface area contributed by atoms with E-state index < -0.39 is 0 Å². The Labute approximate surface area is 98.9 Å². The van der Waals surface area contributed by atoms with Crippen LogP contribution in [0, 0.1) is 0 Å². The van der Waals surface area contributed by atoms with Crippen LogP contribution in [0.1, 0.15) is 5.56 Å². The minimum Gasteiger partial charge on any atom is -0.333 e. The number of nitrogens with zero attached hydrogens (tertiary/aromatic N) is 3. The summed E-state index contributed by atoms with van der Waals surface area (Å²) in [6, 6.07) is 8.47. The fourth-order valence-electron chi connectivity index (χ4n) is 1.80. The Morgan fingerprint density at radius 3 is 2.65 bits per heavy atom. The first-order chi connectivity index (χ1) is 8.42. The molecule has 0 saturated heterocycles. The lowest BCUT2D eigenvalue weighted by molar-refractivity contribution is 0.797. The van der Waals surface area contributed by atoms with Gasteiger partial charge in [0.1, 0.15) is 0 Å². The van der Waals surface area contributed by atoms with E-state index in [1.54, 1.807) is 6.20 Å². The standard InChI is InChI=1S/C13H12N4/c1-3-12(13-7-15-16-8-13)4-2-11(1)9-17-6-5-14-10-17/h1-8,10H,9H2,(H,15,16). The van der Waals surface area contributed by atoms with Gasteiger partial charge in [-0.15, -0.1) is 0 Å². The highest BCUT2D eigenvalue weighted by Gasteiger charge is 1.99. The lowest BCUT2D eigenvalue weighted by Gasteiger charge is -2.03. The number of hydrogen-bond acceptors (Lipinski definition) is 2. The summed E-state index contributed by atoms with van der Waals surface area (Å²) in [7, 11) is 0. The molecule has 0 atom stereocenters. The highest BCUT2D eigenvalue weighted by atomic mass is 15.1. The topological polar surface area (TPSA) is 46.5 Å². The van der Waals surface area contributed by atoms with Crippen LogP contribution in [-0.2, 0) is 6.54 Å². The second-order valence-corrected chi connectivity index (χ2v) is 3.92. The summed E-state index contributed by atoms with van der Waals surface area (Å²) in [6.07, 6.45) is 9.30. The second-order valence-electron chi connectivity index (χ2n) is 3.92. The zero-order valence-corrected chi connectivity index (χ0v) is 9.24. The molecule has 3 rings (SSSR count). The Hall–Kier alpha value is -2.36. The van der Waals surface area contributed by atoms with Crippen molar-refractivity contribution in [2.75, 3.05) is 0 Å². The van der Waals surface area contributed by atoms with E-state index in [9.17, 15) is 0 Å². The fraction of sp³-hybridized carbons (Fsp3) is 0.0769. The van der Waals surface area contributed by atoms with Crippen molar-refractivity contribution in [1.29, 1.82) is 0 Å². The third kappa shape index (κ3) is 2.10. The third-order valence-electron chi connectivity index (χ3n) is 2.71. The van der Waals surface area contributed by atoms with E-state index in [0.717, 1.165) is 12.1 Å². The Kier molecular flexibility index (Phi) is 2.46. The van der Waals surface area contributed by atoms with Gasteiger partial charge in [0.25, 0.3) is 0 Å². The first-order valence-electron chi connectivity index (χ1n) is 5.46. The van der Waals surface area contributed by atoms with Gasteiger partial charge in [0.2, 0.25) is 0 Å². The van der Waals surface area contributed by atoms with Gasteiger partial charge in [-0.1, -0.05) is 24.3 Å². The van der Waals surface area contributed by atoms with Crippen LogP contribution >= 0.6 is 0 Å². The predicted octanol–water partition coefficient (Wildman–Crippen LogP) is 2.32. The molecule has 0 radical (unpaired) electrons. The molecule has 0 amide bonds. The van der Waals surface area contributed by atoms with Crippen LogP contribution in [0.15, 0.2) is 55.4 Å². The third-order valence-corrected chi connectivity index (χ3v) is 2.71. The van der Waals surface area contributed by atoms with Crippen molar-refractivity contribution in [3.63, 3.8) is 0 Å². The van der Waals surface area contributed by atoms with Gasteiger partial charge in [-0.2, -0.15) is 5.10 Å². The quantitative estimate of drug-likeness (QED) is 0.742. The first-order valence-corrected chi connectivity index (χ1v) is 5.46. The molecule has 0 aliphatic carbocycles. The molecule has 0 aliphatic rings. The highest BCUT2D eigenvalue weighted by molar-refractivity contribution is 5.61. The molecule has 0 fully saturated rings. The zero-order valence-electron chi connectivity index (χ0n) is 9.24. The maximum Gasteiger partial charge on any atom is 0.0949 e. The van der Waals surface area contributed by atoms with Crippen molar-refractivity contribution in [2.45, 2.75) is 6.54 Å². The predicted molar refractivity (Wildman–Crippen MR) is 65.4 cm³/mol. The number of H-pyrrole nitrogens is 1. The molecule has 4 nitrogen and oxygen atoms in total. The number of nitrogens with one attached hydrogen (secondary N) is 1. The molecule has 0 spiro atoms. The van der Waals surface area contributed by atoms with Crippen LogP contribution < -0.4 is 0 Å². The smallest absolute Gasteiger partial charge is 0.0949 e. The van der Waals surface area contributed by atoms with Gasteiger partial charge in [-0.05, 0) is 11.1 Å². The van der Waals surface area contributed by atoms with E-state index >= 15 is 0 Å². The number of aromatic amines is 1. The van der Waals surface area contributed by atoms with Crippen LogP contribution in [0.4, 0.5) is 0 Å². The Morgan fingerprint density at radius 1 is 1.12 bits per heavy atom. The van der Waals surface area contributed by atoms with E-state index in [2.05, 4.69) is 39.4 Å². The summed E-state index contributed by atoms with van der Waals surface area (Å²) in [5.41, 5.74) is 3.54. The highest BCUT2D eigenvalue weighted by Crippen LogP contribution is 2.18. The largest absolute Gasteiger partial charge is 0.333 e. The van der Waals surface area contributed by atoms with E-state index in [4.69, 9.17) is 0 Å². The summed E-state index contributed by atoms with van der Waals surface area (Å²) < 4.78 is 2.05. The SMILES string of the molecule is c1cn(Cc2ccc(-c3cn[nH]c3)cc2)cn1. The van der Waals surface area contributed by atoms with E-state index in [1.807, 2.05) is 29.5 Å². The molecular formula is C13H12N4. The van der Waals surface area contributed by atoms with Crippen molar-refractivity contribution < 1.29 is 0 Å². The number of hydrogen-bond donors (Lipinski definition) is 1. The monoisotopic (exact) mass is 224 g/mol. The van der Waals surface area contributed by atoms with Gasteiger partial charge in [0.05, 0.1) is 12.5 Å². The van der Waals surface area contributed by atoms with Crippen molar-refractivity contribution >= 4 is 0 Å². The molecule has 1 N–H and O–H groups in total. The second kappa shape index (κ2) is 4.25. The molecule has 84 valence electrons. The van der Waals surface area contributed by atoms with Crippen LogP contribution in [0.3, 0.4) is 0 Å². The van der Waals surface area contributed by atoms with Crippen molar-refractivity contribution in [2.24, 2.45) is 0 Å². The van der Waals surface area contributed by atoms with E-state index in [1.165, 1.54) is 11.1 Å². The number of rotatable bonds is 3. The first kappa shape index (κ1) is 9.84. The number of benzene rings is 1. The van der Waals surface area contributed by atoms with Crippen LogP contribution in [0.5, 0.6) is 0 Å². The Bertz CT molecular complexity index is 564. The van der Waals surface area contributed by atoms with Gasteiger partial charge in [-0.25, -0.2) is 4.98 Å². The van der Waals surface area contributed by atoms with E-state index in [-0.39, 0.29) is 0 Å². The van der Waals surface area contributed by atoms with Crippen molar-refractivity contribution in [3.05, 3.63) is 60.9 Å². The Balaban J connectivity index is 1.81. The lowest BCUT2D eigenvalue weighted by atomic mass is 10.1. The van der Waals surface area contributed by atoms with Crippen molar-refractivity contribution in [3.8, 4) is 11.1 Å². The molecule has 4 heteroatoms. The summed E-state index contributed by atoms with van der Waals surface area (Å²) in [4.78, 5) is 4.03. The van der Waals surface area contributed by atoms with E-state index in [0.29, 0.717) is 0 Å². The molecule has 0 unspecified atom stereocenters. The van der Waals surface area contributed by atoms with Gasteiger partial charge in [0, 0.05) is 30.7 Å². The molecule has 0 aliphatic heterocycles.